The van der Waals surface area contributed by atoms with Crippen LogP contribution in [0.5, 0.6) is 0 Å². The number of anilines is 1. The Hall–Kier alpha value is -2.59. The van der Waals surface area contributed by atoms with Crippen molar-refractivity contribution in [3.8, 4) is 5.69 Å². The van der Waals surface area contributed by atoms with Gasteiger partial charge in [0.05, 0.1) is 11.4 Å². The molecule has 0 amide bonds. The van der Waals surface area contributed by atoms with Gasteiger partial charge < -0.3 is 4.90 Å². The number of nitrogens with zero attached hydrogens (tertiary/aromatic N) is 4. The van der Waals surface area contributed by atoms with Crippen LogP contribution in [0, 0.1) is 13.8 Å². The van der Waals surface area contributed by atoms with Gasteiger partial charge in [-0.1, -0.05) is 37.6 Å². The van der Waals surface area contributed by atoms with E-state index in [1.54, 1.807) is 0 Å². The molecule has 4 rings (SSSR count). The van der Waals surface area contributed by atoms with Gasteiger partial charge in [0, 0.05) is 37.6 Å². The third-order valence-electron chi connectivity index (χ3n) is 6.73. The number of piperazine rings is 1. The van der Waals surface area contributed by atoms with Crippen molar-refractivity contribution in [1.29, 1.82) is 0 Å². The summed E-state index contributed by atoms with van der Waals surface area (Å²) in [6.45, 7) is 12.4. The fourth-order valence-corrected chi connectivity index (χ4v) is 4.62. The summed E-state index contributed by atoms with van der Waals surface area (Å²) in [6, 6.07) is 19.8. The Kier molecular flexibility index (Phi) is 7.64. The normalized spacial score (nSPS) is 14.8. The minimum Gasteiger partial charge on any atom is -0.369 e. The van der Waals surface area contributed by atoms with Gasteiger partial charge in [0.15, 0.2) is 0 Å². The molecule has 0 N–H and O–H groups in total. The van der Waals surface area contributed by atoms with E-state index in [4.69, 9.17) is 5.10 Å². The molecule has 1 aromatic heterocycles. The molecule has 1 fully saturated rings. The highest BCUT2D eigenvalue weighted by molar-refractivity contribution is 5.51. The number of aromatic nitrogens is 2. The number of hydrogen-bond acceptors (Lipinski definition) is 3. The van der Waals surface area contributed by atoms with Gasteiger partial charge >= 0.3 is 0 Å². The summed E-state index contributed by atoms with van der Waals surface area (Å²) in [5.74, 6) is 0. The molecule has 0 atom stereocenters. The molecule has 0 aliphatic carbocycles. The maximum absolute atomic E-state index is 4.89. The molecule has 3 aromatic rings. The van der Waals surface area contributed by atoms with E-state index in [-0.39, 0.29) is 0 Å². The van der Waals surface area contributed by atoms with Gasteiger partial charge in [-0.3, -0.25) is 4.90 Å². The molecular formula is C28H38N4. The monoisotopic (exact) mass is 430 g/mol. The fraction of sp³-hybridized carbons (Fsp3) is 0.464. The molecule has 0 unspecified atom stereocenters. The van der Waals surface area contributed by atoms with Crippen LogP contribution in [0.3, 0.4) is 0 Å². The second-order valence-corrected chi connectivity index (χ2v) is 9.18. The van der Waals surface area contributed by atoms with Gasteiger partial charge in [-0.25, -0.2) is 4.68 Å². The maximum atomic E-state index is 4.89. The molecule has 0 radical (unpaired) electrons. The fourth-order valence-electron chi connectivity index (χ4n) is 4.62. The highest BCUT2D eigenvalue weighted by atomic mass is 15.3. The Bertz CT molecular complexity index is 984. The predicted octanol–water partition coefficient (Wildman–Crippen LogP) is 5.59. The second kappa shape index (κ2) is 10.8. The van der Waals surface area contributed by atoms with Crippen molar-refractivity contribution in [3.63, 3.8) is 0 Å². The minimum absolute atomic E-state index is 1.05. The summed E-state index contributed by atoms with van der Waals surface area (Å²) < 4.78 is 2.16. The van der Waals surface area contributed by atoms with E-state index in [0.717, 1.165) is 45.4 Å². The zero-order chi connectivity index (χ0) is 22.3. The van der Waals surface area contributed by atoms with Gasteiger partial charge in [0.1, 0.15) is 0 Å². The predicted molar refractivity (Wildman–Crippen MR) is 135 cm³/mol. The summed E-state index contributed by atoms with van der Waals surface area (Å²) in [6.07, 6.45) is 5.74. The lowest BCUT2D eigenvalue weighted by molar-refractivity contribution is 0.253. The van der Waals surface area contributed by atoms with Crippen LogP contribution in [-0.2, 0) is 12.8 Å². The molecule has 4 nitrogen and oxygen atoms in total. The molecule has 1 aliphatic heterocycles. The smallest absolute Gasteiger partial charge is 0.0648 e. The van der Waals surface area contributed by atoms with Gasteiger partial charge in [-0.15, -0.1) is 0 Å². The number of aryl methyl sites for hydroxylation is 4. The summed E-state index contributed by atoms with van der Waals surface area (Å²) in [7, 11) is 0. The van der Waals surface area contributed by atoms with E-state index >= 15 is 0 Å². The molecule has 0 bridgehead atoms. The van der Waals surface area contributed by atoms with Gasteiger partial charge in [0.25, 0.3) is 0 Å². The summed E-state index contributed by atoms with van der Waals surface area (Å²) >= 11 is 0. The summed E-state index contributed by atoms with van der Waals surface area (Å²) in [5, 5.41) is 4.89. The molecule has 1 aliphatic rings. The largest absolute Gasteiger partial charge is 0.369 e. The lowest BCUT2D eigenvalue weighted by Crippen LogP contribution is -2.46. The van der Waals surface area contributed by atoms with E-state index in [1.165, 1.54) is 53.3 Å². The first-order valence-electron chi connectivity index (χ1n) is 12.3. The Labute approximate surface area is 193 Å². The van der Waals surface area contributed by atoms with Crippen LogP contribution in [0.25, 0.3) is 5.69 Å². The van der Waals surface area contributed by atoms with Crippen molar-refractivity contribution in [1.82, 2.24) is 14.7 Å². The van der Waals surface area contributed by atoms with E-state index in [9.17, 15) is 0 Å². The first-order valence-corrected chi connectivity index (χ1v) is 12.3. The molecule has 2 heterocycles. The molecule has 32 heavy (non-hydrogen) atoms. The lowest BCUT2D eigenvalue weighted by Gasteiger charge is -2.36. The summed E-state index contributed by atoms with van der Waals surface area (Å²) in [4.78, 5) is 5.17. The zero-order valence-electron chi connectivity index (χ0n) is 20.1. The molecule has 0 saturated carbocycles. The number of hydrogen-bond donors (Lipinski definition) is 0. The quantitative estimate of drug-likeness (QED) is 0.414. The molecule has 0 spiro atoms. The van der Waals surface area contributed by atoms with Crippen molar-refractivity contribution < 1.29 is 0 Å². The Morgan fingerprint density at radius 2 is 1.56 bits per heavy atom. The lowest BCUT2D eigenvalue weighted by atomic mass is 10.1. The number of unbranched alkanes of at least 4 members (excludes halogenated alkanes) is 1. The Balaban J connectivity index is 1.26. The van der Waals surface area contributed by atoms with E-state index in [2.05, 4.69) is 89.9 Å². The topological polar surface area (TPSA) is 24.3 Å². The first kappa shape index (κ1) is 22.6. The maximum Gasteiger partial charge on any atom is 0.0648 e. The first-order chi connectivity index (χ1) is 15.6. The van der Waals surface area contributed by atoms with Gasteiger partial charge in [0.2, 0.25) is 0 Å². The van der Waals surface area contributed by atoms with E-state index < -0.39 is 0 Å². The highest BCUT2D eigenvalue weighted by Gasteiger charge is 2.17. The number of para-hydroxylation sites is 1. The number of benzene rings is 2. The van der Waals surface area contributed by atoms with Crippen LogP contribution in [0.1, 0.15) is 48.7 Å². The SMILES string of the molecule is CCCc1cc(CCCCN2CCN(c3ccc(C)c(C)c3)CC2)n(-c2ccccc2)n1. The Morgan fingerprint density at radius 3 is 2.28 bits per heavy atom. The number of rotatable bonds is 9. The van der Waals surface area contributed by atoms with Crippen molar-refractivity contribution >= 4 is 5.69 Å². The summed E-state index contributed by atoms with van der Waals surface area (Å²) in [5.41, 5.74) is 7.88. The third-order valence-corrected chi connectivity index (χ3v) is 6.73. The standard InChI is InChI=1S/C28H38N4/c1-4-10-25-22-28(32(29-25)26-11-6-5-7-12-26)13-8-9-16-30-17-19-31(20-18-30)27-15-14-23(2)24(3)21-27/h5-7,11-12,14-15,21-22H,4,8-10,13,16-20H2,1-3H3. The van der Waals surface area contributed by atoms with E-state index in [0.29, 0.717) is 0 Å². The average molecular weight is 431 g/mol. The molecular weight excluding hydrogens is 392 g/mol. The average Bonchev–Trinajstić information content (AvgIpc) is 3.22. The van der Waals surface area contributed by atoms with Crippen LogP contribution in [-0.4, -0.2) is 47.4 Å². The van der Waals surface area contributed by atoms with Gasteiger partial charge in [-0.2, -0.15) is 5.10 Å². The second-order valence-electron chi connectivity index (χ2n) is 9.18. The van der Waals surface area contributed by atoms with Crippen molar-refractivity contribution in [2.24, 2.45) is 0 Å². The van der Waals surface area contributed by atoms with E-state index in [1.807, 2.05) is 0 Å². The molecule has 1 saturated heterocycles. The highest BCUT2D eigenvalue weighted by Crippen LogP contribution is 2.21. The van der Waals surface area contributed by atoms with Crippen molar-refractivity contribution in [2.45, 2.75) is 52.9 Å². The van der Waals surface area contributed by atoms with Crippen LogP contribution in [0.4, 0.5) is 5.69 Å². The third kappa shape index (κ3) is 5.60. The molecule has 170 valence electrons. The Morgan fingerprint density at radius 1 is 0.781 bits per heavy atom. The van der Waals surface area contributed by atoms with Gasteiger partial charge in [-0.05, 0) is 87.5 Å². The zero-order valence-corrected chi connectivity index (χ0v) is 20.1. The van der Waals surface area contributed by atoms with Crippen LogP contribution in [0.2, 0.25) is 0 Å². The molecule has 2 aromatic carbocycles. The van der Waals surface area contributed by atoms with Crippen LogP contribution in [0.15, 0.2) is 54.6 Å². The van der Waals surface area contributed by atoms with Crippen LogP contribution >= 0.6 is 0 Å². The molecule has 4 heteroatoms. The minimum atomic E-state index is 1.05. The van der Waals surface area contributed by atoms with Crippen molar-refractivity contribution in [3.05, 3.63) is 77.1 Å². The van der Waals surface area contributed by atoms with Crippen LogP contribution < -0.4 is 4.90 Å². The van der Waals surface area contributed by atoms with Crippen molar-refractivity contribution in [2.75, 3.05) is 37.6 Å².